The number of Topliss-reactive ketones (excluding diaryl/α,β-unsaturated/α-hetero) is 1. The Balaban J connectivity index is 2.01. The number of ether oxygens (including phenoxy) is 2. The molecular formula is C14H12ClNO3. The van der Waals surface area contributed by atoms with Crippen molar-refractivity contribution in [3.63, 3.8) is 0 Å². The van der Waals surface area contributed by atoms with E-state index in [9.17, 15) is 4.79 Å². The van der Waals surface area contributed by atoms with Gasteiger partial charge in [0, 0.05) is 17.8 Å². The summed E-state index contributed by atoms with van der Waals surface area (Å²) in [6, 6.07) is 8.52. The molecule has 98 valence electrons. The van der Waals surface area contributed by atoms with Crippen molar-refractivity contribution >= 4 is 17.4 Å². The monoisotopic (exact) mass is 277 g/mol. The first-order valence-electron chi connectivity index (χ1n) is 5.59. The third-order valence-electron chi connectivity index (χ3n) is 2.44. The van der Waals surface area contributed by atoms with E-state index in [0.29, 0.717) is 22.1 Å². The van der Waals surface area contributed by atoms with Crippen molar-refractivity contribution in [3.05, 3.63) is 53.3 Å². The predicted molar refractivity (Wildman–Crippen MR) is 72.1 cm³/mol. The van der Waals surface area contributed by atoms with Crippen molar-refractivity contribution in [2.45, 2.75) is 0 Å². The second-order valence-corrected chi connectivity index (χ2v) is 4.22. The van der Waals surface area contributed by atoms with Crippen molar-refractivity contribution in [1.82, 2.24) is 4.98 Å². The van der Waals surface area contributed by atoms with E-state index in [1.54, 1.807) is 37.4 Å². The molecule has 0 fully saturated rings. The quantitative estimate of drug-likeness (QED) is 0.788. The van der Waals surface area contributed by atoms with Crippen molar-refractivity contribution in [3.8, 4) is 11.5 Å². The van der Waals surface area contributed by atoms with Crippen molar-refractivity contribution in [2.75, 3.05) is 13.7 Å². The maximum atomic E-state index is 11.9. The lowest BCUT2D eigenvalue weighted by Gasteiger charge is -2.06. The van der Waals surface area contributed by atoms with Gasteiger partial charge in [-0.15, -0.1) is 0 Å². The van der Waals surface area contributed by atoms with Gasteiger partial charge in [-0.2, -0.15) is 0 Å². The smallest absolute Gasteiger partial charge is 0.200 e. The van der Waals surface area contributed by atoms with Crippen molar-refractivity contribution in [2.24, 2.45) is 0 Å². The molecule has 0 aliphatic carbocycles. The Morgan fingerprint density at radius 2 is 2.11 bits per heavy atom. The van der Waals surface area contributed by atoms with Gasteiger partial charge in [-0.05, 0) is 12.1 Å². The molecule has 0 N–H and O–H groups in total. The van der Waals surface area contributed by atoms with E-state index in [0.717, 1.165) is 0 Å². The summed E-state index contributed by atoms with van der Waals surface area (Å²) in [5, 5.41) is 0.464. The summed E-state index contributed by atoms with van der Waals surface area (Å²) in [7, 11) is 1.55. The van der Waals surface area contributed by atoms with Crippen LogP contribution in [0.1, 0.15) is 10.4 Å². The lowest BCUT2D eigenvalue weighted by Crippen LogP contribution is -2.11. The summed E-state index contributed by atoms with van der Waals surface area (Å²) in [6.07, 6.45) is 3.00. The van der Waals surface area contributed by atoms with Crippen LogP contribution in [0.15, 0.2) is 42.7 Å². The van der Waals surface area contributed by atoms with Crippen molar-refractivity contribution < 1.29 is 14.3 Å². The number of hydrogen-bond acceptors (Lipinski definition) is 4. The number of rotatable bonds is 5. The Morgan fingerprint density at radius 3 is 2.84 bits per heavy atom. The van der Waals surface area contributed by atoms with Crippen LogP contribution >= 0.6 is 11.6 Å². The van der Waals surface area contributed by atoms with Gasteiger partial charge in [0.25, 0.3) is 0 Å². The Bertz CT molecular complexity index is 586. The molecule has 0 saturated heterocycles. The topological polar surface area (TPSA) is 48.4 Å². The SMILES string of the molecule is COc1cccc(C(=O)COc2cncc(Cl)c2)c1. The molecule has 2 aromatic rings. The average molecular weight is 278 g/mol. The Morgan fingerprint density at radius 1 is 1.26 bits per heavy atom. The number of hydrogen-bond donors (Lipinski definition) is 0. The largest absolute Gasteiger partial charge is 0.497 e. The minimum Gasteiger partial charge on any atom is -0.497 e. The maximum absolute atomic E-state index is 11.9. The van der Waals surface area contributed by atoms with Crippen LogP contribution in [0.3, 0.4) is 0 Å². The number of carbonyl (C=O) groups excluding carboxylic acids is 1. The number of aromatic nitrogens is 1. The number of halogens is 1. The van der Waals surface area contributed by atoms with Crippen molar-refractivity contribution in [1.29, 1.82) is 0 Å². The number of pyridine rings is 1. The number of carbonyl (C=O) groups is 1. The van der Waals surface area contributed by atoms with Crippen LogP contribution in [-0.4, -0.2) is 24.5 Å². The molecule has 1 aromatic carbocycles. The molecule has 0 aliphatic rings. The molecule has 0 bridgehead atoms. The first-order chi connectivity index (χ1) is 9.19. The standard InChI is InChI=1S/C14H12ClNO3/c1-18-12-4-2-3-10(5-12)14(17)9-19-13-6-11(15)7-16-8-13/h2-8H,9H2,1H3. The molecule has 0 spiro atoms. The number of methoxy groups -OCH3 is 1. The fourth-order valence-corrected chi connectivity index (χ4v) is 1.66. The summed E-state index contributed by atoms with van der Waals surface area (Å²) < 4.78 is 10.4. The lowest BCUT2D eigenvalue weighted by molar-refractivity contribution is 0.0921. The van der Waals surface area contributed by atoms with Crippen LogP contribution in [0.2, 0.25) is 5.02 Å². The van der Waals surface area contributed by atoms with Gasteiger partial charge in [-0.25, -0.2) is 0 Å². The molecular weight excluding hydrogens is 266 g/mol. The van der Waals surface area contributed by atoms with E-state index in [1.165, 1.54) is 12.4 Å². The summed E-state index contributed by atoms with van der Waals surface area (Å²) in [4.78, 5) is 15.8. The van der Waals surface area contributed by atoms with Gasteiger partial charge in [0.2, 0.25) is 0 Å². The Kier molecular flexibility index (Phi) is 4.36. The normalized spacial score (nSPS) is 10.0. The first kappa shape index (κ1) is 13.4. The molecule has 0 aliphatic heterocycles. The van der Waals surface area contributed by atoms with E-state index >= 15 is 0 Å². The Hall–Kier alpha value is -2.07. The van der Waals surface area contributed by atoms with Gasteiger partial charge in [0.1, 0.15) is 11.5 Å². The minimum atomic E-state index is -0.140. The van der Waals surface area contributed by atoms with Gasteiger partial charge in [0.05, 0.1) is 18.3 Å². The third kappa shape index (κ3) is 3.69. The fourth-order valence-electron chi connectivity index (χ4n) is 1.50. The second-order valence-electron chi connectivity index (χ2n) is 3.78. The molecule has 0 saturated carbocycles. The number of benzene rings is 1. The highest BCUT2D eigenvalue weighted by Gasteiger charge is 2.08. The second kappa shape index (κ2) is 6.20. The van der Waals surface area contributed by atoms with E-state index in [4.69, 9.17) is 21.1 Å². The zero-order valence-electron chi connectivity index (χ0n) is 10.3. The highest BCUT2D eigenvalue weighted by Crippen LogP contribution is 2.16. The fraction of sp³-hybridized carbons (Fsp3) is 0.143. The van der Waals surface area contributed by atoms with E-state index in [2.05, 4.69) is 4.98 Å². The zero-order valence-corrected chi connectivity index (χ0v) is 11.1. The van der Waals surface area contributed by atoms with Gasteiger partial charge in [-0.3, -0.25) is 9.78 Å². The first-order valence-corrected chi connectivity index (χ1v) is 5.97. The van der Waals surface area contributed by atoms with Crippen LogP contribution in [0.5, 0.6) is 11.5 Å². The van der Waals surface area contributed by atoms with Crippen LogP contribution in [-0.2, 0) is 0 Å². The highest BCUT2D eigenvalue weighted by molar-refractivity contribution is 6.30. The van der Waals surface area contributed by atoms with E-state index in [-0.39, 0.29) is 12.4 Å². The molecule has 1 heterocycles. The van der Waals surface area contributed by atoms with E-state index in [1.807, 2.05) is 0 Å². The highest BCUT2D eigenvalue weighted by atomic mass is 35.5. The molecule has 0 unspecified atom stereocenters. The summed E-state index contributed by atoms with van der Waals surface area (Å²) in [5.41, 5.74) is 0.536. The third-order valence-corrected chi connectivity index (χ3v) is 2.65. The van der Waals surface area contributed by atoms with Crippen LogP contribution < -0.4 is 9.47 Å². The number of nitrogens with zero attached hydrogens (tertiary/aromatic N) is 1. The summed E-state index contributed by atoms with van der Waals surface area (Å²) >= 11 is 5.77. The lowest BCUT2D eigenvalue weighted by atomic mass is 10.1. The summed E-state index contributed by atoms with van der Waals surface area (Å²) in [6.45, 7) is -0.0742. The Labute approximate surface area is 115 Å². The van der Waals surface area contributed by atoms with Gasteiger partial charge in [-0.1, -0.05) is 23.7 Å². The average Bonchev–Trinajstić information content (AvgIpc) is 2.45. The molecule has 19 heavy (non-hydrogen) atoms. The molecule has 0 amide bonds. The molecule has 4 nitrogen and oxygen atoms in total. The van der Waals surface area contributed by atoms with Crippen LogP contribution in [0, 0.1) is 0 Å². The zero-order chi connectivity index (χ0) is 13.7. The number of ketones is 1. The van der Waals surface area contributed by atoms with Gasteiger partial charge in [0.15, 0.2) is 12.4 Å². The molecule has 0 radical (unpaired) electrons. The van der Waals surface area contributed by atoms with Gasteiger partial charge < -0.3 is 9.47 Å². The molecule has 5 heteroatoms. The predicted octanol–water partition coefficient (Wildman–Crippen LogP) is 3.01. The molecule has 2 rings (SSSR count). The molecule has 0 atom stereocenters. The van der Waals surface area contributed by atoms with Crippen LogP contribution in [0.4, 0.5) is 0 Å². The van der Waals surface area contributed by atoms with Crippen LogP contribution in [0.25, 0.3) is 0 Å². The molecule has 1 aromatic heterocycles. The maximum Gasteiger partial charge on any atom is 0.200 e. The summed E-state index contributed by atoms with van der Waals surface area (Å²) in [5.74, 6) is 0.956. The minimum absolute atomic E-state index is 0.0742. The van der Waals surface area contributed by atoms with E-state index < -0.39 is 0 Å². The van der Waals surface area contributed by atoms with Gasteiger partial charge >= 0.3 is 0 Å².